The maximum Gasteiger partial charge on any atom is 0.258 e. The lowest BCUT2D eigenvalue weighted by Gasteiger charge is -2.08. The fourth-order valence-corrected chi connectivity index (χ4v) is 4.05. The minimum Gasteiger partial charge on any atom is -0.468 e. The molecule has 158 valence electrons. The predicted molar refractivity (Wildman–Crippen MR) is 120 cm³/mol. The molecule has 32 heavy (non-hydrogen) atoms. The third-order valence-corrected chi connectivity index (χ3v) is 6.05. The van der Waals surface area contributed by atoms with Crippen LogP contribution in [0.15, 0.2) is 64.7 Å². The second kappa shape index (κ2) is 7.57. The Morgan fingerprint density at radius 1 is 1.16 bits per heavy atom. The number of hydrogen-bond acceptors (Lipinski definition) is 7. The molecule has 3 aliphatic rings. The molecule has 7 nitrogen and oxygen atoms in total. The second-order valence-electron chi connectivity index (χ2n) is 8.39. The van der Waals surface area contributed by atoms with Gasteiger partial charge in [0.05, 0.1) is 23.2 Å². The quantitative estimate of drug-likeness (QED) is 0.581. The highest BCUT2D eigenvalue weighted by molar-refractivity contribution is 5.71. The summed E-state index contributed by atoms with van der Waals surface area (Å²) in [5.74, 6) is 2.62. The van der Waals surface area contributed by atoms with Crippen LogP contribution in [0.3, 0.4) is 0 Å². The van der Waals surface area contributed by atoms with Crippen molar-refractivity contribution in [3.05, 3.63) is 71.3 Å². The summed E-state index contributed by atoms with van der Waals surface area (Å²) in [4.78, 5) is 4.59. The zero-order valence-corrected chi connectivity index (χ0v) is 17.4. The molecular weight excluding hydrogens is 402 g/mol. The Balaban J connectivity index is 1.23. The van der Waals surface area contributed by atoms with Crippen LogP contribution in [0.1, 0.15) is 30.4 Å². The number of ether oxygens (including phenoxy) is 1. The molecule has 0 unspecified atom stereocenters. The van der Waals surface area contributed by atoms with Crippen LogP contribution in [-0.2, 0) is 11.2 Å². The SMILES string of the molecule is N#Cc1cc(-c2nc(-c3ccc4c(c3)CC(=C3CC=CO3)N4)no2)ccc1NCC1CC1. The molecule has 2 aromatic carbocycles. The van der Waals surface area contributed by atoms with Gasteiger partial charge in [0.25, 0.3) is 5.89 Å². The first-order chi connectivity index (χ1) is 15.8. The Hall–Kier alpha value is -4.05. The van der Waals surface area contributed by atoms with E-state index >= 15 is 0 Å². The summed E-state index contributed by atoms with van der Waals surface area (Å²) in [7, 11) is 0. The zero-order valence-electron chi connectivity index (χ0n) is 17.4. The number of nitriles is 1. The number of rotatable bonds is 5. The Morgan fingerprint density at radius 2 is 2.06 bits per heavy atom. The van der Waals surface area contributed by atoms with Gasteiger partial charge in [-0.15, -0.1) is 0 Å². The van der Waals surface area contributed by atoms with Crippen molar-refractivity contribution in [3.8, 4) is 28.9 Å². The van der Waals surface area contributed by atoms with Gasteiger partial charge >= 0.3 is 0 Å². The molecule has 0 saturated heterocycles. The van der Waals surface area contributed by atoms with Gasteiger partial charge in [-0.1, -0.05) is 5.16 Å². The molecule has 0 atom stereocenters. The molecule has 1 fully saturated rings. The number of hydrogen-bond donors (Lipinski definition) is 2. The van der Waals surface area contributed by atoms with Gasteiger partial charge in [0.1, 0.15) is 11.8 Å². The van der Waals surface area contributed by atoms with Gasteiger partial charge < -0.3 is 19.9 Å². The highest BCUT2D eigenvalue weighted by Gasteiger charge is 2.23. The molecule has 0 radical (unpaired) electrons. The number of nitrogens with one attached hydrogen (secondary N) is 2. The number of allylic oxidation sites excluding steroid dienone is 2. The van der Waals surface area contributed by atoms with Crippen molar-refractivity contribution in [1.82, 2.24) is 10.1 Å². The van der Waals surface area contributed by atoms with E-state index < -0.39 is 0 Å². The van der Waals surface area contributed by atoms with Gasteiger partial charge in [-0.2, -0.15) is 10.2 Å². The van der Waals surface area contributed by atoms with E-state index in [9.17, 15) is 5.26 Å². The minimum atomic E-state index is 0.400. The summed E-state index contributed by atoms with van der Waals surface area (Å²) < 4.78 is 11.1. The van der Waals surface area contributed by atoms with Crippen LogP contribution in [0, 0.1) is 17.2 Å². The summed E-state index contributed by atoms with van der Waals surface area (Å²) >= 11 is 0. The average Bonchev–Trinajstić information content (AvgIpc) is 3.24. The van der Waals surface area contributed by atoms with Crippen molar-refractivity contribution in [1.29, 1.82) is 5.26 Å². The van der Waals surface area contributed by atoms with E-state index in [0.29, 0.717) is 17.3 Å². The summed E-state index contributed by atoms with van der Waals surface area (Å²) in [6.45, 7) is 0.910. The largest absolute Gasteiger partial charge is 0.468 e. The van der Waals surface area contributed by atoms with Gasteiger partial charge in [0.2, 0.25) is 5.82 Å². The third-order valence-electron chi connectivity index (χ3n) is 6.05. The molecule has 6 rings (SSSR count). The lowest BCUT2D eigenvalue weighted by Crippen LogP contribution is -2.04. The minimum absolute atomic E-state index is 0.400. The van der Waals surface area contributed by atoms with Crippen molar-refractivity contribution < 1.29 is 9.26 Å². The van der Waals surface area contributed by atoms with Crippen LogP contribution < -0.4 is 10.6 Å². The molecule has 0 amide bonds. The highest BCUT2D eigenvalue weighted by atomic mass is 16.5. The van der Waals surface area contributed by atoms with Crippen molar-refractivity contribution in [2.45, 2.75) is 25.7 Å². The van der Waals surface area contributed by atoms with E-state index in [4.69, 9.17) is 9.26 Å². The fraction of sp³-hybridized carbons (Fsp3) is 0.240. The summed E-state index contributed by atoms with van der Waals surface area (Å²) in [6, 6.07) is 14.0. The van der Waals surface area contributed by atoms with Crippen LogP contribution in [0.25, 0.3) is 22.8 Å². The normalized spacial score (nSPS) is 18.7. The molecule has 0 bridgehead atoms. The Bertz CT molecular complexity index is 1300. The fourth-order valence-electron chi connectivity index (χ4n) is 4.05. The number of aromatic nitrogens is 2. The topological polar surface area (TPSA) is 96.0 Å². The second-order valence-corrected chi connectivity index (χ2v) is 8.39. The van der Waals surface area contributed by atoms with E-state index in [-0.39, 0.29) is 0 Å². The lowest BCUT2D eigenvalue weighted by atomic mass is 10.1. The first-order valence-electron chi connectivity index (χ1n) is 10.8. The van der Waals surface area contributed by atoms with Gasteiger partial charge in [-0.05, 0) is 66.8 Å². The van der Waals surface area contributed by atoms with E-state index in [1.54, 1.807) is 12.3 Å². The molecule has 2 N–H and O–H groups in total. The average molecular weight is 423 g/mol. The van der Waals surface area contributed by atoms with Crippen LogP contribution >= 0.6 is 0 Å². The zero-order chi connectivity index (χ0) is 21.5. The molecule has 0 spiro atoms. The van der Waals surface area contributed by atoms with Crippen LogP contribution in [0.5, 0.6) is 0 Å². The molecular formula is C25H21N5O2. The van der Waals surface area contributed by atoms with E-state index in [0.717, 1.165) is 59.3 Å². The lowest BCUT2D eigenvalue weighted by molar-refractivity contribution is 0.361. The Kier molecular flexibility index (Phi) is 4.43. The number of fused-ring (bicyclic) bond motifs is 1. The van der Waals surface area contributed by atoms with Crippen molar-refractivity contribution in [2.75, 3.05) is 17.2 Å². The van der Waals surface area contributed by atoms with E-state index in [1.165, 1.54) is 18.4 Å². The van der Waals surface area contributed by atoms with Crippen molar-refractivity contribution in [2.24, 2.45) is 5.92 Å². The summed E-state index contributed by atoms with van der Waals surface area (Å²) in [5.41, 5.74) is 6.39. The van der Waals surface area contributed by atoms with Gasteiger partial charge in [0, 0.05) is 36.2 Å². The van der Waals surface area contributed by atoms with Crippen LogP contribution in [0.2, 0.25) is 0 Å². The highest BCUT2D eigenvalue weighted by Crippen LogP contribution is 2.35. The molecule has 3 aromatic rings. The number of benzene rings is 2. The molecule has 2 aliphatic heterocycles. The number of nitrogens with zero attached hydrogens (tertiary/aromatic N) is 3. The third kappa shape index (κ3) is 3.50. The first-order valence-corrected chi connectivity index (χ1v) is 10.8. The first kappa shape index (κ1) is 18.7. The summed E-state index contributed by atoms with van der Waals surface area (Å²) in [5, 5.41) is 20.6. The van der Waals surface area contributed by atoms with E-state index in [2.05, 4.69) is 32.9 Å². The van der Waals surface area contributed by atoms with Crippen molar-refractivity contribution in [3.63, 3.8) is 0 Å². The van der Waals surface area contributed by atoms with Crippen LogP contribution in [0.4, 0.5) is 11.4 Å². The molecule has 1 aromatic heterocycles. The predicted octanol–water partition coefficient (Wildman–Crippen LogP) is 5.21. The summed E-state index contributed by atoms with van der Waals surface area (Å²) in [6.07, 6.45) is 7.86. The van der Waals surface area contributed by atoms with Crippen molar-refractivity contribution >= 4 is 11.4 Å². The van der Waals surface area contributed by atoms with Gasteiger partial charge in [-0.25, -0.2) is 0 Å². The maximum absolute atomic E-state index is 9.56. The Labute approximate surface area is 185 Å². The van der Waals surface area contributed by atoms with Gasteiger partial charge in [-0.3, -0.25) is 0 Å². The molecule has 3 heterocycles. The van der Waals surface area contributed by atoms with Gasteiger partial charge in [0.15, 0.2) is 0 Å². The Morgan fingerprint density at radius 3 is 2.88 bits per heavy atom. The standard InChI is InChI=1S/C25H21N5O2/c26-13-19-11-17(6-7-20(19)27-14-15-3-4-15)25-29-24(30-32-25)16-5-8-21-18(10-16)12-22(28-21)23-2-1-9-31-23/h1,5-11,15,27-28H,2-4,12,14H2. The van der Waals surface area contributed by atoms with Crippen LogP contribution in [-0.4, -0.2) is 16.7 Å². The maximum atomic E-state index is 9.56. The molecule has 7 heteroatoms. The number of anilines is 2. The molecule has 1 aliphatic carbocycles. The van der Waals surface area contributed by atoms with E-state index in [1.807, 2.05) is 30.3 Å². The smallest absolute Gasteiger partial charge is 0.258 e. The molecule has 1 saturated carbocycles. The monoisotopic (exact) mass is 423 g/mol.